The summed E-state index contributed by atoms with van der Waals surface area (Å²) in [5, 5.41) is 5.84. The number of hydrogen-bond donors (Lipinski definition) is 1. The molecule has 124 valence electrons. The molecular formula is C20H19N5. The summed E-state index contributed by atoms with van der Waals surface area (Å²) in [6.07, 6.45) is 6.23. The van der Waals surface area contributed by atoms with E-state index in [2.05, 4.69) is 55.5 Å². The third-order valence-electron chi connectivity index (χ3n) is 4.93. The van der Waals surface area contributed by atoms with Crippen LogP contribution in [0, 0.1) is 0 Å². The highest BCUT2D eigenvalue weighted by Crippen LogP contribution is 2.29. The summed E-state index contributed by atoms with van der Waals surface area (Å²) in [4.78, 5) is 16.0. The lowest BCUT2D eigenvalue weighted by Gasteiger charge is -2.18. The van der Waals surface area contributed by atoms with E-state index >= 15 is 0 Å². The van der Waals surface area contributed by atoms with Gasteiger partial charge in [0, 0.05) is 42.1 Å². The van der Waals surface area contributed by atoms with Crippen LogP contribution >= 0.6 is 0 Å². The quantitative estimate of drug-likeness (QED) is 0.780. The number of aromatic nitrogens is 2. The monoisotopic (exact) mass is 329 g/mol. The topological polar surface area (TPSA) is 53.4 Å². The number of aliphatic imine (C=N–C) groups is 1. The number of nitrogens with one attached hydrogen (secondary N) is 1. The molecular weight excluding hydrogens is 310 g/mol. The summed E-state index contributed by atoms with van der Waals surface area (Å²) in [7, 11) is 0. The lowest BCUT2D eigenvalue weighted by Crippen LogP contribution is -2.19. The van der Waals surface area contributed by atoms with Crippen LogP contribution in [-0.4, -0.2) is 28.9 Å². The number of pyridine rings is 2. The fourth-order valence-corrected chi connectivity index (χ4v) is 3.67. The first-order chi connectivity index (χ1) is 12.4. The summed E-state index contributed by atoms with van der Waals surface area (Å²) < 4.78 is 0. The molecule has 4 heterocycles. The van der Waals surface area contributed by atoms with Crippen LogP contribution in [0.2, 0.25) is 0 Å². The summed E-state index contributed by atoms with van der Waals surface area (Å²) >= 11 is 0. The standard InChI is InChI=1S/C20H19N5/c1-2-11-25(10-1)20-17-6-5-16(12-14(17)7-9-22-20)24-19-18-15(13-23-19)4-3-8-21-18/h3-9,12H,1-2,10-11,13H2,(H,23,24). The molecule has 0 saturated carbocycles. The molecule has 3 aromatic rings. The van der Waals surface area contributed by atoms with Gasteiger partial charge in [-0.1, -0.05) is 6.07 Å². The van der Waals surface area contributed by atoms with E-state index in [0.29, 0.717) is 6.54 Å². The summed E-state index contributed by atoms with van der Waals surface area (Å²) in [5.41, 5.74) is 3.16. The van der Waals surface area contributed by atoms with Gasteiger partial charge in [0.25, 0.3) is 0 Å². The Morgan fingerprint density at radius 1 is 0.960 bits per heavy atom. The summed E-state index contributed by atoms with van der Waals surface area (Å²) in [6.45, 7) is 2.90. The molecule has 0 radical (unpaired) electrons. The van der Waals surface area contributed by atoms with Gasteiger partial charge >= 0.3 is 0 Å². The molecule has 5 nitrogen and oxygen atoms in total. The largest absolute Gasteiger partial charge is 0.356 e. The minimum atomic E-state index is 0.697. The molecule has 0 atom stereocenters. The Morgan fingerprint density at radius 2 is 1.88 bits per heavy atom. The van der Waals surface area contributed by atoms with Crippen LogP contribution in [0.5, 0.6) is 0 Å². The Hall–Kier alpha value is -2.95. The van der Waals surface area contributed by atoms with E-state index in [9.17, 15) is 0 Å². The van der Waals surface area contributed by atoms with Crippen molar-refractivity contribution in [2.45, 2.75) is 19.4 Å². The Labute approximate surface area is 146 Å². The normalized spacial score (nSPS) is 16.2. The maximum absolute atomic E-state index is 4.62. The van der Waals surface area contributed by atoms with Crippen molar-refractivity contribution in [1.82, 2.24) is 9.97 Å². The predicted molar refractivity (Wildman–Crippen MR) is 101 cm³/mol. The second-order valence-electron chi connectivity index (χ2n) is 6.57. The molecule has 0 spiro atoms. The fraction of sp³-hybridized carbons (Fsp3) is 0.250. The minimum absolute atomic E-state index is 0.697. The van der Waals surface area contributed by atoms with E-state index in [-0.39, 0.29) is 0 Å². The molecule has 2 aliphatic rings. The molecule has 25 heavy (non-hydrogen) atoms. The van der Waals surface area contributed by atoms with E-state index in [4.69, 9.17) is 0 Å². The van der Waals surface area contributed by atoms with Crippen molar-refractivity contribution in [3.05, 3.63) is 60.0 Å². The highest BCUT2D eigenvalue weighted by molar-refractivity contribution is 6.10. The van der Waals surface area contributed by atoms with Gasteiger partial charge in [0.1, 0.15) is 11.5 Å². The zero-order valence-corrected chi connectivity index (χ0v) is 13.9. The van der Waals surface area contributed by atoms with Crippen LogP contribution in [0.3, 0.4) is 0 Å². The van der Waals surface area contributed by atoms with Crippen LogP contribution in [0.4, 0.5) is 11.5 Å². The van der Waals surface area contributed by atoms with Crippen molar-refractivity contribution in [2.75, 3.05) is 23.3 Å². The third-order valence-corrected chi connectivity index (χ3v) is 4.93. The first-order valence-corrected chi connectivity index (χ1v) is 8.78. The lowest BCUT2D eigenvalue weighted by atomic mass is 10.1. The number of anilines is 2. The van der Waals surface area contributed by atoms with Gasteiger partial charge in [-0.25, -0.2) is 4.98 Å². The molecule has 5 heteroatoms. The Bertz CT molecular complexity index is 973. The molecule has 0 unspecified atom stereocenters. The molecule has 5 rings (SSSR count). The smallest absolute Gasteiger partial charge is 0.152 e. The van der Waals surface area contributed by atoms with Gasteiger partial charge in [0.15, 0.2) is 5.84 Å². The minimum Gasteiger partial charge on any atom is -0.356 e. The number of nitrogens with zero attached hydrogens (tertiary/aromatic N) is 4. The van der Waals surface area contributed by atoms with E-state index in [1.54, 1.807) is 0 Å². The average Bonchev–Trinajstić information content (AvgIpc) is 3.32. The van der Waals surface area contributed by atoms with Crippen molar-refractivity contribution >= 4 is 28.1 Å². The second kappa shape index (κ2) is 5.84. The van der Waals surface area contributed by atoms with Crippen molar-refractivity contribution in [1.29, 1.82) is 0 Å². The van der Waals surface area contributed by atoms with Gasteiger partial charge in [-0.05, 0) is 48.6 Å². The number of hydrogen-bond acceptors (Lipinski definition) is 5. The van der Waals surface area contributed by atoms with Crippen LogP contribution in [0.15, 0.2) is 53.8 Å². The summed E-state index contributed by atoms with van der Waals surface area (Å²) in [6, 6.07) is 12.5. The first kappa shape index (κ1) is 14.4. The van der Waals surface area contributed by atoms with Crippen molar-refractivity contribution < 1.29 is 0 Å². The molecule has 2 aromatic heterocycles. The predicted octanol–water partition coefficient (Wildman–Crippen LogP) is 3.60. The Morgan fingerprint density at radius 3 is 2.80 bits per heavy atom. The molecule has 1 saturated heterocycles. The van der Waals surface area contributed by atoms with E-state index in [0.717, 1.165) is 36.1 Å². The molecule has 1 N–H and O–H groups in total. The van der Waals surface area contributed by atoms with Gasteiger partial charge in [0.2, 0.25) is 0 Å². The van der Waals surface area contributed by atoms with Crippen LogP contribution in [-0.2, 0) is 6.54 Å². The van der Waals surface area contributed by atoms with Gasteiger partial charge in [-0.15, -0.1) is 0 Å². The molecule has 2 aliphatic heterocycles. The third kappa shape index (κ3) is 2.52. The number of amidine groups is 1. The SMILES string of the molecule is c1cnc2c(c1)CN=C2Nc1ccc2c(N3CCCC3)nccc2c1. The van der Waals surface area contributed by atoms with E-state index in [1.165, 1.54) is 29.2 Å². The van der Waals surface area contributed by atoms with Crippen LogP contribution in [0.25, 0.3) is 10.8 Å². The van der Waals surface area contributed by atoms with E-state index in [1.807, 2.05) is 18.5 Å². The first-order valence-electron chi connectivity index (χ1n) is 8.78. The van der Waals surface area contributed by atoms with Crippen LogP contribution < -0.4 is 10.2 Å². The maximum Gasteiger partial charge on any atom is 0.152 e. The number of rotatable bonds is 2. The zero-order valence-electron chi connectivity index (χ0n) is 13.9. The zero-order chi connectivity index (χ0) is 16.6. The van der Waals surface area contributed by atoms with E-state index < -0.39 is 0 Å². The fourth-order valence-electron chi connectivity index (χ4n) is 3.67. The molecule has 0 bridgehead atoms. The van der Waals surface area contributed by atoms with Gasteiger partial charge in [0.05, 0.1) is 6.54 Å². The van der Waals surface area contributed by atoms with Gasteiger partial charge < -0.3 is 10.2 Å². The molecule has 0 amide bonds. The van der Waals surface area contributed by atoms with Crippen LogP contribution in [0.1, 0.15) is 24.1 Å². The maximum atomic E-state index is 4.62. The Kier molecular flexibility index (Phi) is 3.37. The summed E-state index contributed by atoms with van der Waals surface area (Å²) in [5.74, 6) is 1.95. The Balaban J connectivity index is 1.48. The number of benzene rings is 1. The average molecular weight is 329 g/mol. The molecule has 0 aliphatic carbocycles. The van der Waals surface area contributed by atoms with Crippen molar-refractivity contribution in [3.63, 3.8) is 0 Å². The van der Waals surface area contributed by atoms with Gasteiger partial charge in [-0.3, -0.25) is 9.98 Å². The molecule has 1 aromatic carbocycles. The van der Waals surface area contributed by atoms with Gasteiger partial charge in [-0.2, -0.15) is 0 Å². The van der Waals surface area contributed by atoms with Crippen molar-refractivity contribution in [3.8, 4) is 0 Å². The molecule has 1 fully saturated rings. The second-order valence-corrected chi connectivity index (χ2v) is 6.57. The lowest BCUT2D eigenvalue weighted by molar-refractivity contribution is 0.946. The van der Waals surface area contributed by atoms with Crippen molar-refractivity contribution in [2.24, 2.45) is 4.99 Å². The highest BCUT2D eigenvalue weighted by Gasteiger charge is 2.18. The number of fused-ring (bicyclic) bond motifs is 2. The highest BCUT2D eigenvalue weighted by atomic mass is 15.2.